The number of hydrogen-bond acceptors (Lipinski definition) is 8. The predicted octanol–water partition coefficient (Wildman–Crippen LogP) is 1.22. The molecule has 2 rings (SSSR count). The van der Waals surface area contributed by atoms with E-state index in [-0.39, 0.29) is 24.2 Å². The van der Waals surface area contributed by atoms with Crippen molar-refractivity contribution in [3.05, 3.63) is 35.4 Å². The number of fused-ring (bicyclic) bond motifs is 1. The molecule has 0 aromatic heterocycles. The van der Waals surface area contributed by atoms with Gasteiger partial charge < -0.3 is 9.47 Å². The maximum absolute atomic E-state index is 12.6. The summed E-state index contributed by atoms with van der Waals surface area (Å²) in [6, 6.07) is 5.11. The van der Waals surface area contributed by atoms with Gasteiger partial charge in [0, 0.05) is 0 Å². The molecular formula is C18H20N2O7S. The van der Waals surface area contributed by atoms with Crippen LogP contribution in [0.4, 0.5) is 4.79 Å². The maximum Gasteiger partial charge on any atom is 0.413 e. The van der Waals surface area contributed by atoms with E-state index in [1.54, 1.807) is 19.1 Å². The number of esters is 1. The van der Waals surface area contributed by atoms with Gasteiger partial charge in [0.25, 0.3) is 17.7 Å². The lowest BCUT2D eigenvalue weighted by Crippen LogP contribution is -2.47. The molecule has 0 spiro atoms. The van der Waals surface area contributed by atoms with Crippen LogP contribution in [-0.4, -0.2) is 65.9 Å². The normalized spacial score (nSPS) is 13.7. The number of rotatable bonds is 8. The second-order valence-corrected chi connectivity index (χ2v) is 6.69. The molecule has 1 aromatic carbocycles. The lowest BCUT2D eigenvalue weighted by atomic mass is 10.1. The topological polar surface area (TPSA) is 119 Å². The van der Waals surface area contributed by atoms with E-state index < -0.39 is 42.4 Å². The minimum atomic E-state index is -1.17. The number of hydrogen-bond donors (Lipinski definition) is 1. The SMILES string of the molecule is CCOC(=O)NC(=O)COC(=O)[C@H](CCSC)N1C(=O)c2ccccc2C1=O. The molecule has 1 atom stereocenters. The molecule has 1 aliphatic rings. The van der Waals surface area contributed by atoms with Gasteiger partial charge in [-0.1, -0.05) is 12.1 Å². The van der Waals surface area contributed by atoms with E-state index in [0.717, 1.165) is 4.90 Å². The van der Waals surface area contributed by atoms with Gasteiger partial charge in [0.2, 0.25) is 0 Å². The van der Waals surface area contributed by atoms with Crippen LogP contribution < -0.4 is 5.32 Å². The summed E-state index contributed by atoms with van der Waals surface area (Å²) in [4.78, 5) is 61.5. The molecule has 0 bridgehead atoms. The highest BCUT2D eigenvalue weighted by Gasteiger charge is 2.43. The molecular weight excluding hydrogens is 388 g/mol. The van der Waals surface area contributed by atoms with Crippen LogP contribution in [0.2, 0.25) is 0 Å². The minimum Gasteiger partial charge on any atom is -0.454 e. The third-order valence-corrected chi connectivity index (χ3v) is 4.51. The van der Waals surface area contributed by atoms with Crippen molar-refractivity contribution in [1.82, 2.24) is 10.2 Å². The number of nitrogens with one attached hydrogen (secondary N) is 1. The van der Waals surface area contributed by atoms with Crippen LogP contribution >= 0.6 is 11.8 Å². The van der Waals surface area contributed by atoms with Crippen molar-refractivity contribution in [3.8, 4) is 0 Å². The zero-order valence-corrected chi connectivity index (χ0v) is 16.2. The Kier molecular flexibility index (Phi) is 7.56. The van der Waals surface area contributed by atoms with E-state index in [4.69, 9.17) is 4.74 Å². The Morgan fingerprint density at radius 1 is 1.11 bits per heavy atom. The van der Waals surface area contributed by atoms with Crippen molar-refractivity contribution in [2.45, 2.75) is 19.4 Å². The van der Waals surface area contributed by atoms with Crippen LogP contribution in [0.15, 0.2) is 24.3 Å². The van der Waals surface area contributed by atoms with E-state index >= 15 is 0 Å². The van der Waals surface area contributed by atoms with Crippen LogP contribution in [-0.2, 0) is 19.1 Å². The first-order valence-electron chi connectivity index (χ1n) is 8.49. The highest BCUT2D eigenvalue weighted by molar-refractivity contribution is 7.98. The van der Waals surface area contributed by atoms with Crippen LogP contribution in [0.1, 0.15) is 34.1 Å². The fourth-order valence-electron chi connectivity index (χ4n) is 2.62. The lowest BCUT2D eigenvalue weighted by molar-refractivity contribution is -0.152. The molecule has 0 saturated carbocycles. The molecule has 10 heteroatoms. The molecule has 0 radical (unpaired) electrons. The zero-order chi connectivity index (χ0) is 20.7. The number of benzene rings is 1. The van der Waals surface area contributed by atoms with E-state index in [2.05, 4.69) is 4.74 Å². The molecule has 28 heavy (non-hydrogen) atoms. The Morgan fingerprint density at radius 3 is 2.25 bits per heavy atom. The first-order valence-corrected chi connectivity index (χ1v) is 9.89. The molecule has 0 aliphatic carbocycles. The molecule has 4 amide bonds. The number of nitrogens with zero attached hydrogens (tertiary/aromatic N) is 1. The Labute approximate surface area is 165 Å². The fraction of sp³-hybridized carbons (Fsp3) is 0.389. The van der Waals surface area contributed by atoms with E-state index in [9.17, 15) is 24.0 Å². The molecule has 0 fully saturated rings. The van der Waals surface area contributed by atoms with Gasteiger partial charge in [-0.2, -0.15) is 11.8 Å². The van der Waals surface area contributed by atoms with Crippen molar-refractivity contribution >= 4 is 41.5 Å². The molecule has 1 aromatic rings. The average molecular weight is 408 g/mol. The maximum atomic E-state index is 12.6. The summed E-state index contributed by atoms with van der Waals surface area (Å²) in [6.07, 6.45) is 1.03. The van der Waals surface area contributed by atoms with Crippen LogP contribution in [0.5, 0.6) is 0 Å². The third-order valence-electron chi connectivity index (χ3n) is 3.87. The third kappa shape index (κ3) is 4.89. The molecule has 150 valence electrons. The molecule has 1 heterocycles. The summed E-state index contributed by atoms with van der Waals surface area (Å²) in [7, 11) is 0. The van der Waals surface area contributed by atoms with Gasteiger partial charge in [-0.25, -0.2) is 9.59 Å². The van der Waals surface area contributed by atoms with Crippen LogP contribution in [0, 0.1) is 0 Å². The van der Waals surface area contributed by atoms with Gasteiger partial charge in [-0.05, 0) is 37.5 Å². The Bertz CT molecular complexity index is 761. The Balaban J connectivity index is 2.08. The fourth-order valence-corrected chi connectivity index (χ4v) is 3.08. The first kappa shape index (κ1) is 21.4. The summed E-state index contributed by atoms with van der Waals surface area (Å²) in [5, 5.41) is 1.89. The number of ether oxygens (including phenoxy) is 2. The van der Waals surface area contributed by atoms with E-state index in [1.165, 1.54) is 23.9 Å². The number of carbonyl (C=O) groups is 5. The number of alkyl carbamates (subject to hydrolysis) is 1. The van der Waals surface area contributed by atoms with Gasteiger partial charge in [-0.3, -0.25) is 24.6 Å². The highest BCUT2D eigenvalue weighted by Crippen LogP contribution is 2.26. The van der Waals surface area contributed by atoms with Gasteiger partial charge in [-0.15, -0.1) is 0 Å². The van der Waals surface area contributed by atoms with E-state index in [0.29, 0.717) is 5.75 Å². The van der Waals surface area contributed by atoms with Crippen molar-refractivity contribution in [1.29, 1.82) is 0 Å². The van der Waals surface area contributed by atoms with E-state index in [1.807, 2.05) is 11.6 Å². The standard InChI is InChI=1S/C18H20N2O7S/c1-3-26-18(25)19-14(21)10-27-17(24)13(8-9-28-2)20-15(22)11-6-4-5-7-12(11)16(20)23/h4-7,13H,3,8-10H2,1-2H3,(H,19,21,25)/t13-/m0/s1. The summed E-state index contributed by atoms with van der Waals surface area (Å²) < 4.78 is 9.49. The van der Waals surface area contributed by atoms with Crippen molar-refractivity contribution in [2.75, 3.05) is 25.2 Å². The zero-order valence-electron chi connectivity index (χ0n) is 15.4. The van der Waals surface area contributed by atoms with Crippen LogP contribution in [0.25, 0.3) is 0 Å². The van der Waals surface area contributed by atoms with Gasteiger partial charge in [0.1, 0.15) is 6.04 Å². The number of amides is 4. The molecule has 9 nitrogen and oxygen atoms in total. The highest BCUT2D eigenvalue weighted by atomic mass is 32.2. The van der Waals surface area contributed by atoms with Gasteiger partial charge >= 0.3 is 12.1 Å². The second-order valence-electron chi connectivity index (χ2n) is 5.70. The summed E-state index contributed by atoms with van der Waals surface area (Å²) in [5.74, 6) is -2.46. The summed E-state index contributed by atoms with van der Waals surface area (Å²) >= 11 is 1.43. The largest absolute Gasteiger partial charge is 0.454 e. The second kappa shape index (κ2) is 9.88. The monoisotopic (exact) mass is 408 g/mol. The first-order chi connectivity index (χ1) is 13.4. The average Bonchev–Trinajstić information content (AvgIpc) is 2.92. The predicted molar refractivity (Wildman–Crippen MR) is 99.9 cm³/mol. The number of thioether (sulfide) groups is 1. The number of imide groups is 2. The Hall–Kier alpha value is -2.88. The van der Waals surface area contributed by atoms with Crippen molar-refractivity contribution in [2.24, 2.45) is 0 Å². The van der Waals surface area contributed by atoms with Crippen molar-refractivity contribution in [3.63, 3.8) is 0 Å². The quantitative estimate of drug-likeness (QED) is 0.504. The minimum absolute atomic E-state index is 0.0788. The smallest absolute Gasteiger partial charge is 0.413 e. The molecule has 0 saturated heterocycles. The van der Waals surface area contributed by atoms with Crippen molar-refractivity contribution < 1.29 is 33.4 Å². The summed E-state index contributed by atoms with van der Waals surface area (Å²) in [5.41, 5.74) is 0.434. The molecule has 0 unspecified atom stereocenters. The van der Waals surface area contributed by atoms with Gasteiger partial charge in [0.15, 0.2) is 6.61 Å². The number of carbonyl (C=O) groups excluding carboxylic acids is 5. The Morgan fingerprint density at radius 2 is 1.71 bits per heavy atom. The molecule has 1 N–H and O–H groups in total. The summed E-state index contributed by atoms with van der Waals surface area (Å²) in [6.45, 7) is 0.911. The lowest BCUT2D eigenvalue weighted by Gasteiger charge is -2.24. The van der Waals surface area contributed by atoms with Gasteiger partial charge in [0.05, 0.1) is 17.7 Å². The molecule has 1 aliphatic heterocycles. The van der Waals surface area contributed by atoms with Crippen LogP contribution in [0.3, 0.4) is 0 Å².